The molecule has 21 heavy (non-hydrogen) atoms. The molecule has 2 N–H and O–H groups in total. The molecule has 0 aliphatic rings. The zero-order chi connectivity index (χ0) is 14.8. The Labute approximate surface area is 133 Å². The van der Waals surface area contributed by atoms with Crippen molar-refractivity contribution in [3.05, 3.63) is 64.9 Å². The maximum Gasteiger partial charge on any atom is 0.137 e. The van der Waals surface area contributed by atoms with Gasteiger partial charge in [-0.1, -0.05) is 41.9 Å². The molecular weight excluding hydrogens is 302 g/mol. The van der Waals surface area contributed by atoms with Gasteiger partial charge in [0.2, 0.25) is 0 Å². The van der Waals surface area contributed by atoms with Crippen molar-refractivity contribution >= 4 is 34.3 Å². The summed E-state index contributed by atoms with van der Waals surface area (Å²) in [7, 11) is 0. The maximum absolute atomic E-state index is 6.25. The highest BCUT2D eigenvalue weighted by Crippen LogP contribution is 2.31. The SMILES string of the molecule is Cc1cccc2cc(C(N)CSc3ccccc3Cl)oc12. The Morgan fingerprint density at radius 1 is 1.19 bits per heavy atom. The maximum atomic E-state index is 6.25. The van der Waals surface area contributed by atoms with Crippen LogP contribution >= 0.6 is 23.4 Å². The first-order valence-electron chi connectivity index (χ1n) is 6.77. The number of para-hydroxylation sites is 1. The van der Waals surface area contributed by atoms with Crippen molar-refractivity contribution in [2.24, 2.45) is 5.73 Å². The van der Waals surface area contributed by atoms with Gasteiger partial charge in [0.1, 0.15) is 11.3 Å². The standard InChI is InChI=1S/C17H16ClNOS/c1-11-5-4-6-12-9-15(20-17(11)12)14(19)10-21-16-8-3-2-7-13(16)18/h2-9,14H,10,19H2,1H3. The van der Waals surface area contributed by atoms with Gasteiger partial charge in [-0.2, -0.15) is 0 Å². The number of benzene rings is 2. The lowest BCUT2D eigenvalue weighted by Crippen LogP contribution is -2.11. The van der Waals surface area contributed by atoms with Crippen LogP contribution in [0.4, 0.5) is 0 Å². The van der Waals surface area contributed by atoms with Gasteiger partial charge in [0.15, 0.2) is 0 Å². The molecule has 0 saturated heterocycles. The monoisotopic (exact) mass is 317 g/mol. The Hall–Kier alpha value is -1.42. The average Bonchev–Trinajstić information content (AvgIpc) is 2.92. The molecule has 1 atom stereocenters. The van der Waals surface area contributed by atoms with Crippen LogP contribution in [0.15, 0.2) is 57.8 Å². The van der Waals surface area contributed by atoms with Crippen LogP contribution in [-0.2, 0) is 0 Å². The summed E-state index contributed by atoms with van der Waals surface area (Å²) in [5, 5.41) is 1.86. The lowest BCUT2D eigenvalue weighted by Gasteiger charge is -2.09. The van der Waals surface area contributed by atoms with Gasteiger partial charge in [-0.15, -0.1) is 11.8 Å². The van der Waals surface area contributed by atoms with E-state index in [1.807, 2.05) is 55.5 Å². The molecule has 0 spiro atoms. The van der Waals surface area contributed by atoms with Crippen molar-refractivity contribution in [1.29, 1.82) is 0 Å². The number of thioether (sulfide) groups is 1. The molecule has 0 radical (unpaired) electrons. The quantitative estimate of drug-likeness (QED) is 0.673. The van der Waals surface area contributed by atoms with Crippen molar-refractivity contribution in [3.8, 4) is 0 Å². The molecule has 1 heterocycles. The summed E-state index contributed by atoms with van der Waals surface area (Å²) >= 11 is 7.80. The minimum atomic E-state index is -0.155. The Bertz CT molecular complexity index is 768. The summed E-state index contributed by atoms with van der Waals surface area (Å²) in [6.07, 6.45) is 0. The number of rotatable bonds is 4. The third-order valence-corrected chi connectivity index (χ3v) is 5.01. The molecule has 4 heteroatoms. The van der Waals surface area contributed by atoms with E-state index in [2.05, 4.69) is 0 Å². The molecular formula is C17H16ClNOS. The molecule has 0 aliphatic heterocycles. The molecule has 3 aromatic rings. The van der Waals surface area contributed by atoms with E-state index in [1.54, 1.807) is 11.8 Å². The molecule has 2 nitrogen and oxygen atoms in total. The third-order valence-electron chi connectivity index (χ3n) is 3.38. The number of furan rings is 1. The molecule has 0 saturated carbocycles. The highest BCUT2D eigenvalue weighted by molar-refractivity contribution is 7.99. The summed E-state index contributed by atoms with van der Waals surface area (Å²) in [6.45, 7) is 2.04. The zero-order valence-corrected chi connectivity index (χ0v) is 13.2. The summed E-state index contributed by atoms with van der Waals surface area (Å²) in [6, 6.07) is 15.8. The van der Waals surface area contributed by atoms with E-state index in [-0.39, 0.29) is 6.04 Å². The molecule has 0 fully saturated rings. The normalized spacial score (nSPS) is 12.7. The Morgan fingerprint density at radius 3 is 2.76 bits per heavy atom. The Morgan fingerprint density at radius 2 is 2.00 bits per heavy atom. The summed E-state index contributed by atoms with van der Waals surface area (Å²) < 4.78 is 5.91. The van der Waals surface area contributed by atoms with Crippen LogP contribution in [0.3, 0.4) is 0 Å². The second-order valence-corrected chi connectivity index (χ2v) is 6.46. The minimum Gasteiger partial charge on any atom is -0.459 e. The smallest absolute Gasteiger partial charge is 0.137 e. The Kier molecular flexibility index (Phi) is 4.24. The van der Waals surface area contributed by atoms with Gasteiger partial charge < -0.3 is 10.2 Å². The highest BCUT2D eigenvalue weighted by Gasteiger charge is 2.14. The van der Waals surface area contributed by atoms with Crippen LogP contribution in [0.1, 0.15) is 17.4 Å². The fourth-order valence-corrected chi connectivity index (χ4v) is 3.44. The number of hydrogen-bond acceptors (Lipinski definition) is 3. The third kappa shape index (κ3) is 3.10. The zero-order valence-electron chi connectivity index (χ0n) is 11.7. The van der Waals surface area contributed by atoms with Gasteiger partial charge in [0.05, 0.1) is 11.1 Å². The van der Waals surface area contributed by atoms with E-state index in [1.165, 1.54) is 0 Å². The number of aryl methyl sites for hydroxylation is 1. The molecule has 0 aliphatic carbocycles. The summed E-state index contributed by atoms with van der Waals surface area (Å²) in [5.41, 5.74) is 8.30. The molecule has 1 aromatic heterocycles. The largest absolute Gasteiger partial charge is 0.459 e. The van der Waals surface area contributed by atoms with Gasteiger partial charge in [0.25, 0.3) is 0 Å². The van der Waals surface area contributed by atoms with Crippen molar-refractivity contribution < 1.29 is 4.42 Å². The van der Waals surface area contributed by atoms with Crippen LogP contribution in [-0.4, -0.2) is 5.75 Å². The van der Waals surface area contributed by atoms with Crippen LogP contribution < -0.4 is 5.73 Å². The van der Waals surface area contributed by atoms with Crippen LogP contribution in [0.25, 0.3) is 11.0 Å². The fourth-order valence-electron chi connectivity index (χ4n) is 2.24. The lowest BCUT2D eigenvalue weighted by atomic mass is 10.1. The van der Waals surface area contributed by atoms with E-state index >= 15 is 0 Å². The average molecular weight is 318 g/mol. The first-order chi connectivity index (χ1) is 10.1. The number of fused-ring (bicyclic) bond motifs is 1. The van der Waals surface area contributed by atoms with Crippen LogP contribution in [0, 0.1) is 6.92 Å². The first kappa shape index (κ1) is 14.5. The number of halogens is 1. The van der Waals surface area contributed by atoms with Gasteiger partial charge in [-0.05, 0) is 30.7 Å². The van der Waals surface area contributed by atoms with E-state index in [0.717, 1.165) is 38.0 Å². The number of hydrogen-bond donors (Lipinski definition) is 1. The highest BCUT2D eigenvalue weighted by atomic mass is 35.5. The minimum absolute atomic E-state index is 0.155. The first-order valence-corrected chi connectivity index (χ1v) is 8.13. The van der Waals surface area contributed by atoms with Gasteiger partial charge in [-0.25, -0.2) is 0 Å². The fraction of sp³-hybridized carbons (Fsp3) is 0.176. The predicted octanol–water partition coefficient (Wildman–Crippen LogP) is 5.19. The molecule has 0 bridgehead atoms. The predicted molar refractivity (Wildman–Crippen MR) is 90.1 cm³/mol. The van der Waals surface area contributed by atoms with E-state index in [9.17, 15) is 0 Å². The van der Waals surface area contributed by atoms with Gasteiger partial charge >= 0.3 is 0 Å². The van der Waals surface area contributed by atoms with Gasteiger partial charge in [0, 0.05) is 16.0 Å². The molecule has 3 rings (SSSR count). The molecule has 0 amide bonds. The summed E-state index contributed by atoms with van der Waals surface area (Å²) in [5.74, 6) is 1.54. The van der Waals surface area contributed by atoms with E-state index < -0.39 is 0 Å². The van der Waals surface area contributed by atoms with E-state index in [0.29, 0.717) is 0 Å². The van der Waals surface area contributed by atoms with Crippen molar-refractivity contribution in [1.82, 2.24) is 0 Å². The van der Waals surface area contributed by atoms with Crippen LogP contribution in [0.2, 0.25) is 5.02 Å². The second-order valence-electron chi connectivity index (χ2n) is 4.99. The summed E-state index contributed by atoms with van der Waals surface area (Å²) in [4.78, 5) is 1.04. The molecule has 2 aromatic carbocycles. The van der Waals surface area contributed by atoms with Gasteiger partial charge in [-0.3, -0.25) is 0 Å². The lowest BCUT2D eigenvalue weighted by molar-refractivity contribution is 0.514. The Balaban J connectivity index is 1.76. The number of nitrogens with two attached hydrogens (primary N) is 1. The van der Waals surface area contributed by atoms with Crippen molar-refractivity contribution in [2.45, 2.75) is 17.9 Å². The topological polar surface area (TPSA) is 39.2 Å². The molecule has 108 valence electrons. The molecule has 1 unspecified atom stereocenters. The van der Waals surface area contributed by atoms with Crippen molar-refractivity contribution in [2.75, 3.05) is 5.75 Å². The second kappa shape index (κ2) is 6.14. The van der Waals surface area contributed by atoms with E-state index in [4.69, 9.17) is 21.8 Å². The van der Waals surface area contributed by atoms with Crippen molar-refractivity contribution in [3.63, 3.8) is 0 Å². The van der Waals surface area contributed by atoms with Crippen LogP contribution in [0.5, 0.6) is 0 Å².